The van der Waals surface area contributed by atoms with Crippen LogP contribution in [0.15, 0.2) is 76.8 Å². The third kappa shape index (κ3) is 4.49. The number of carbonyl (C=O) groups is 2. The Kier molecular flexibility index (Phi) is 5.47. The SMILES string of the molecule is NC1=C(NC(=O)c2cc3cc(NC(=O)OCc4cccnc4)ccc3o2)C=CCC1. The molecule has 0 saturated carbocycles. The van der Waals surface area contributed by atoms with Crippen LogP contribution in [0.1, 0.15) is 29.0 Å². The number of allylic oxidation sites excluding steroid dienone is 3. The van der Waals surface area contributed by atoms with Crippen LogP contribution >= 0.6 is 0 Å². The molecule has 0 atom stereocenters. The van der Waals surface area contributed by atoms with E-state index in [1.54, 1.807) is 48.8 Å². The maximum atomic E-state index is 12.5. The number of nitrogens with one attached hydrogen (secondary N) is 2. The Morgan fingerprint density at radius 2 is 2.10 bits per heavy atom. The molecular weight excluding hydrogens is 384 g/mol. The van der Waals surface area contributed by atoms with Crippen LogP contribution in [0.25, 0.3) is 11.0 Å². The minimum atomic E-state index is -0.592. The lowest BCUT2D eigenvalue weighted by atomic mass is 10.1. The van der Waals surface area contributed by atoms with Crippen LogP contribution in [0.2, 0.25) is 0 Å². The van der Waals surface area contributed by atoms with Crippen LogP contribution in [-0.2, 0) is 11.3 Å². The summed E-state index contributed by atoms with van der Waals surface area (Å²) in [5.41, 5.74) is 9.00. The number of carbonyl (C=O) groups excluding carboxylic acids is 2. The number of nitrogens with zero attached hydrogens (tertiary/aromatic N) is 1. The van der Waals surface area contributed by atoms with Crippen molar-refractivity contribution in [3.63, 3.8) is 0 Å². The molecule has 0 fully saturated rings. The zero-order chi connectivity index (χ0) is 20.9. The molecule has 1 aliphatic rings. The highest BCUT2D eigenvalue weighted by Gasteiger charge is 2.16. The Morgan fingerprint density at radius 3 is 2.90 bits per heavy atom. The summed E-state index contributed by atoms with van der Waals surface area (Å²) in [6, 6.07) is 10.2. The minimum Gasteiger partial charge on any atom is -0.451 e. The Morgan fingerprint density at radius 1 is 1.20 bits per heavy atom. The van der Waals surface area contributed by atoms with Gasteiger partial charge in [-0.1, -0.05) is 12.1 Å². The first-order valence-electron chi connectivity index (χ1n) is 9.41. The molecule has 2 amide bonds. The van der Waals surface area contributed by atoms with Gasteiger partial charge >= 0.3 is 6.09 Å². The number of benzene rings is 1. The molecule has 0 radical (unpaired) electrons. The van der Waals surface area contributed by atoms with Crippen LogP contribution in [0.3, 0.4) is 0 Å². The molecule has 2 heterocycles. The number of anilines is 1. The summed E-state index contributed by atoms with van der Waals surface area (Å²) < 4.78 is 10.8. The molecule has 1 aromatic carbocycles. The van der Waals surface area contributed by atoms with Crippen molar-refractivity contribution in [2.75, 3.05) is 5.32 Å². The molecule has 8 heteroatoms. The molecule has 0 aliphatic heterocycles. The summed E-state index contributed by atoms with van der Waals surface area (Å²) in [4.78, 5) is 28.5. The highest BCUT2D eigenvalue weighted by Crippen LogP contribution is 2.24. The number of hydrogen-bond acceptors (Lipinski definition) is 6. The molecule has 2 aromatic heterocycles. The quantitative estimate of drug-likeness (QED) is 0.595. The maximum absolute atomic E-state index is 12.5. The largest absolute Gasteiger partial charge is 0.451 e. The van der Waals surface area contributed by atoms with Crippen molar-refractivity contribution in [3.8, 4) is 0 Å². The van der Waals surface area contributed by atoms with Gasteiger partial charge in [0, 0.05) is 34.7 Å². The number of nitrogens with two attached hydrogens (primary N) is 1. The smallest absolute Gasteiger partial charge is 0.411 e. The predicted octanol–water partition coefficient (Wildman–Crippen LogP) is 3.83. The summed E-state index contributed by atoms with van der Waals surface area (Å²) in [6.07, 6.45) is 7.99. The molecule has 30 heavy (non-hydrogen) atoms. The number of amides is 2. The molecule has 0 saturated heterocycles. The van der Waals surface area contributed by atoms with Gasteiger partial charge in [-0.2, -0.15) is 0 Å². The normalized spacial score (nSPS) is 13.3. The minimum absolute atomic E-state index is 0.116. The lowest BCUT2D eigenvalue weighted by Crippen LogP contribution is -2.25. The van der Waals surface area contributed by atoms with Crippen molar-refractivity contribution >= 4 is 28.7 Å². The van der Waals surface area contributed by atoms with Crippen LogP contribution in [0, 0.1) is 0 Å². The third-order valence-electron chi connectivity index (χ3n) is 4.54. The molecule has 8 nitrogen and oxygen atoms in total. The molecule has 152 valence electrons. The summed E-state index contributed by atoms with van der Waals surface area (Å²) in [7, 11) is 0. The topological polar surface area (TPSA) is 119 Å². The van der Waals surface area contributed by atoms with Gasteiger partial charge in [-0.15, -0.1) is 0 Å². The first kappa shape index (κ1) is 19.3. The van der Waals surface area contributed by atoms with E-state index in [1.165, 1.54) is 0 Å². The number of rotatable bonds is 5. The van der Waals surface area contributed by atoms with Crippen molar-refractivity contribution < 1.29 is 18.7 Å². The zero-order valence-electron chi connectivity index (χ0n) is 16.1. The molecule has 3 aromatic rings. The van der Waals surface area contributed by atoms with Gasteiger partial charge in [0.15, 0.2) is 5.76 Å². The van der Waals surface area contributed by atoms with Gasteiger partial charge < -0.3 is 20.2 Å². The molecule has 4 rings (SSSR count). The summed E-state index contributed by atoms with van der Waals surface area (Å²) in [5, 5.41) is 6.10. The second-order valence-corrected chi connectivity index (χ2v) is 6.76. The van der Waals surface area contributed by atoms with E-state index in [-0.39, 0.29) is 18.3 Å². The molecule has 1 aliphatic carbocycles. The number of hydrogen-bond donors (Lipinski definition) is 3. The number of aromatic nitrogens is 1. The summed E-state index contributed by atoms with van der Waals surface area (Å²) in [5.74, 6) is -0.235. The first-order chi connectivity index (χ1) is 14.6. The van der Waals surface area contributed by atoms with Gasteiger partial charge in [-0.25, -0.2) is 4.79 Å². The number of pyridine rings is 1. The van der Waals surface area contributed by atoms with Crippen molar-refractivity contribution in [1.82, 2.24) is 10.3 Å². The molecule has 0 unspecified atom stereocenters. The van der Waals surface area contributed by atoms with Crippen LogP contribution in [0.5, 0.6) is 0 Å². The molecule has 4 N–H and O–H groups in total. The van der Waals surface area contributed by atoms with E-state index in [9.17, 15) is 9.59 Å². The van der Waals surface area contributed by atoms with E-state index < -0.39 is 6.09 Å². The average molecular weight is 404 g/mol. The average Bonchev–Trinajstić information content (AvgIpc) is 3.18. The van der Waals surface area contributed by atoms with E-state index >= 15 is 0 Å². The molecule has 0 spiro atoms. The Bertz CT molecular complexity index is 1150. The van der Waals surface area contributed by atoms with E-state index in [1.807, 2.05) is 12.1 Å². The second-order valence-electron chi connectivity index (χ2n) is 6.76. The monoisotopic (exact) mass is 404 g/mol. The fourth-order valence-corrected chi connectivity index (χ4v) is 3.01. The van der Waals surface area contributed by atoms with Gasteiger partial charge in [-0.05, 0) is 49.2 Å². The van der Waals surface area contributed by atoms with Crippen molar-refractivity contribution in [2.45, 2.75) is 19.4 Å². The van der Waals surface area contributed by atoms with E-state index in [4.69, 9.17) is 14.9 Å². The highest BCUT2D eigenvalue weighted by molar-refractivity contribution is 5.98. The highest BCUT2D eigenvalue weighted by atomic mass is 16.5. The van der Waals surface area contributed by atoms with Crippen LogP contribution in [0.4, 0.5) is 10.5 Å². The van der Waals surface area contributed by atoms with Gasteiger partial charge in [0.2, 0.25) is 0 Å². The van der Waals surface area contributed by atoms with E-state index in [2.05, 4.69) is 15.6 Å². The van der Waals surface area contributed by atoms with Crippen LogP contribution in [-0.4, -0.2) is 17.0 Å². The number of furan rings is 1. The summed E-state index contributed by atoms with van der Waals surface area (Å²) >= 11 is 0. The number of ether oxygens (including phenoxy) is 1. The van der Waals surface area contributed by atoms with Gasteiger partial charge in [0.05, 0.1) is 5.70 Å². The lowest BCUT2D eigenvalue weighted by Gasteiger charge is -2.12. The summed E-state index contributed by atoms with van der Waals surface area (Å²) in [6.45, 7) is 0.116. The maximum Gasteiger partial charge on any atom is 0.411 e. The van der Waals surface area contributed by atoms with Crippen molar-refractivity contribution in [1.29, 1.82) is 0 Å². The van der Waals surface area contributed by atoms with E-state index in [0.717, 1.165) is 12.0 Å². The third-order valence-corrected chi connectivity index (χ3v) is 4.54. The van der Waals surface area contributed by atoms with Gasteiger partial charge in [0.25, 0.3) is 5.91 Å². The standard InChI is InChI=1S/C22H20N4O4/c23-17-5-1-2-6-18(17)26-21(27)20-11-15-10-16(7-8-19(15)30-20)25-22(28)29-13-14-4-3-9-24-12-14/h2-4,6-12H,1,5,13,23H2,(H,25,28)(H,26,27). The Labute approximate surface area is 172 Å². The van der Waals surface area contributed by atoms with Gasteiger partial charge in [-0.3, -0.25) is 15.1 Å². The number of fused-ring (bicyclic) bond motifs is 1. The van der Waals surface area contributed by atoms with Gasteiger partial charge in [0.1, 0.15) is 12.2 Å². The fraction of sp³-hybridized carbons (Fsp3) is 0.136. The first-order valence-corrected chi connectivity index (χ1v) is 9.41. The Balaban J connectivity index is 1.41. The van der Waals surface area contributed by atoms with E-state index in [0.29, 0.717) is 34.5 Å². The molecule has 0 bridgehead atoms. The zero-order valence-corrected chi connectivity index (χ0v) is 16.1. The predicted molar refractivity (Wildman–Crippen MR) is 111 cm³/mol. The molecular formula is C22H20N4O4. The fourth-order valence-electron chi connectivity index (χ4n) is 3.01. The van der Waals surface area contributed by atoms with Crippen LogP contribution < -0.4 is 16.4 Å². The second kappa shape index (κ2) is 8.52. The lowest BCUT2D eigenvalue weighted by molar-refractivity contribution is 0.0941. The Hall–Kier alpha value is -4.07. The van der Waals surface area contributed by atoms with Crippen molar-refractivity contribution in [2.24, 2.45) is 5.73 Å². The van der Waals surface area contributed by atoms with Crippen molar-refractivity contribution in [3.05, 3.63) is 83.7 Å².